The second kappa shape index (κ2) is 5.89. The predicted molar refractivity (Wildman–Crippen MR) is 73.6 cm³/mol. The molecule has 0 aliphatic heterocycles. The second-order valence-electron chi connectivity index (χ2n) is 5.68. The molecule has 0 nitrogen and oxygen atoms in total. The van der Waals surface area contributed by atoms with E-state index in [0.717, 1.165) is 11.8 Å². The zero-order valence-corrected chi connectivity index (χ0v) is 12.0. The maximum absolute atomic E-state index is 2.56. The van der Waals surface area contributed by atoms with Crippen LogP contribution in [0, 0.1) is 17.3 Å². The molecule has 0 aromatic heterocycles. The van der Waals surface area contributed by atoms with Crippen molar-refractivity contribution >= 4 is 0 Å². The number of allylic oxidation sites excluding steroid dienone is 2. The SMILES string of the molecule is CC.CCC1CCC=C2CC(C)CCC21C. The Hall–Kier alpha value is -0.260. The number of rotatable bonds is 1. The van der Waals surface area contributed by atoms with Crippen molar-refractivity contribution < 1.29 is 0 Å². The van der Waals surface area contributed by atoms with Crippen LogP contribution in [-0.4, -0.2) is 0 Å². The summed E-state index contributed by atoms with van der Waals surface area (Å²) in [5.41, 5.74) is 2.38. The zero-order chi connectivity index (χ0) is 12.2. The molecule has 0 heteroatoms. The lowest BCUT2D eigenvalue weighted by Gasteiger charge is -2.47. The lowest BCUT2D eigenvalue weighted by Crippen LogP contribution is -2.36. The van der Waals surface area contributed by atoms with Gasteiger partial charge >= 0.3 is 0 Å². The third kappa shape index (κ3) is 2.52. The van der Waals surface area contributed by atoms with E-state index < -0.39 is 0 Å². The van der Waals surface area contributed by atoms with E-state index in [-0.39, 0.29) is 0 Å². The van der Waals surface area contributed by atoms with Crippen molar-refractivity contribution in [3.8, 4) is 0 Å². The Kier molecular flexibility index (Phi) is 5.08. The van der Waals surface area contributed by atoms with Gasteiger partial charge in [0.05, 0.1) is 0 Å². The first-order valence-corrected chi connectivity index (χ1v) is 7.36. The fourth-order valence-electron chi connectivity index (χ4n) is 3.63. The maximum Gasteiger partial charge on any atom is -0.00879 e. The van der Waals surface area contributed by atoms with E-state index in [1.165, 1.54) is 38.5 Å². The Balaban J connectivity index is 0.000000606. The minimum atomic E-state index is 0.583. The van der Waals surface area contributed by atoms with Crippen molar-refractivity contribution in [3.63, 3.8) is 0 Å². The topological polar surface area (TPSA) is 0 Å². The summed E-state index contributed by atoms with van der Waals surface area (Å²) in [6, 6.07) is 0. The smallest absolute Gasteiger partial charge is 0.00879 e. The lowest BCUT2D eigenvalue weighted by molar-refractivity contribution is 0.140. The summed E-state index contributed by atoms with van der Waals surface area (Å²) in [5.74, 6) is 1.90. The van der Waals surface area contributed by atoms with Gasteiger partial charge in [0.1, 0.15) is 0 Å². The summed E-state index contributed by atoms with van der Waals surface area (Å²) in [5, 5.41) is 0. The van der Waals surface area contributed by atoms with Gasteiger partial charge in [0, 0.05) is 0 Å². The van der Waals surface area contributed by atoms with E-state index >= 15 is 0 Å². The highest BCUT2D eigenvalue weighted by atomic mass is 14.5. The van der Waals surface area contributed by atoms with Crippen LogP contribution in [0.2, 0.25) is 0 Å². The van der Waals surface area contributed by atoms with Crippen LogP contribution in [0.1, 0.15) is 73.1 Å². The van der Waals surface area contributed by atoms with Gasteiger partial charge in [-0.1, -0.05) is 52.7 Å². The molecule has 0 radical (unpaired) electrons. The number of hydrogen-bond acceptors (Lipinski definition) is 0. The minimum Gasteiger partial charge on any atom is -0.0847 e. The molecule has 16 heavy (non-hydrogen) atoms. The van der Waals surface area contributed by atoms with E-state index in [0.29, 0.717) is 5.41 Å². The van der Waals surface area contributed by atoms with Gasteiger partial charge in [-0.25, -0.2) is 0 Å². The van der Waals surface area contributed by atoms with Gasteiger partial charge in [-0.05, 0) is 49.4 Å². The summed E-state index contributed by atoms with van der Waals surface area (Å²) in [6.45, 7) is 11.3. The summed E-state index contributed by atoms with van der Waals surface area (Å²) >= 11 is 0. The molecule has 0 aromatic carbocycles. The van der Waals surface area contributed by atoms with Crippen LogP contribution in [0.5, 0.6) is 0 Å². The summed E-state index contributed by atoms with van der Waals surface area (Å²) in [7, 11) is 0. The molecule has 3 atom stereocenters. The van der Waals surface area contributed by atoms with Crippen LogP contribution >= 0.6 is 0 Å². The molecule has 0 heterocycles. The molecular formula is C16H30. The van der Waals surface area contributed by atoms with Crippen LogP contribution < -0.4 is 0 Å². The van der Waals surface area contributed by atoms with Crippen LogP contribution in [-0.2, 0) is 0 Å². The Labute approximate surface area is 103 Å². The molecule has 0 amide bonds. The van der Waals surface area contributed by atoms with Gasteiger partial charge in [-0.2, -0.15) is 0 Å². The Morgan fingerprint density at radius 3 is 2.62 bits per heavy atom. The quantitative estimate of drug-likeness (QED) is 0.508. The molecule has 2 aliphatic rings. The Morgan fingerprint density at radius 1 is 1.31 bits per heavy atom. The Morgan fingerprint density at radius 2 is 2.00 bits per heavy atom. The fraction of sp³-hybridized carbons (Fsp3) is 0.875. The molecule has 2 rings (SSSR count). The average Bonchev–Trinajstić information content (AvgIpc) is 2.32. The average molecular weight is 222 g/mol. The van der Waals surface area contributed by atoms with Gasteiger partial charge in [-0.3, -0.25) is 0 Å². The van der Waals surface area contributed by atoms with Crippen molar-refractivity contribution in [1.82, 2.24) is 0 Å². The van der Waals surface area contributed by atoms with E-state index in [4.69, 9.17) is 0 Å². The molecule has 0 aromatic rings. The molecular weight excluding hydrogens is 192 g/mol. The van der Waals surface area contributed by atoms with E-state index in [2.05, 4.69) is 26.8 Å². The maximum atomic E-state index is 2.56. The van der Waals surface area contributed by atoms with Crippen molar-refractivity contribution in [2.75, 3.05) is 0 Å². The normalized spacial score (nSPS) is 37.9. The number of hydrogen-bond donors (Lipinski definition) is 0. The largest absolute Gasteiger partial charge is 0.0847 e. The standard InChI is InChI=1S/C14H24.C2H6/c1-4-12-6-5-7-13-10-11(2)8-9-14(12,13)3;1-2/h7,11-12H,4-6,8-10H2,1-3H3;1-2H3. The molecule has 3 unspecified atom stereocenters. The summed E-state index contributed by atoms with van der Waals surface area (Å²) < 4.78 is 0. The third-order valence-electron chi connectivity index (χ3n) is 4.76. The highest BCUT2D eigenvalue weighted by Crippen LogP contribution is 2.52. The van der Waals surface area contributed by atoms with Crippen LogP contribution in [0.15, 0.2) is 11.6 Å². The highest BCUT2D eigenvalue weighted by molar-refractivity contribution is 5.21. The van der Waals surface area contributed by atoms with Crippen molar-refractivity contribution in [2.24, 2.45) is 17.3 Å². The lowest BCUT2D eigenvalue weighted by atomic mass is 9.58. The van der Waals surface area contributed by atoms with Gasteiger partial charge in [0.25, 0.3) is 0 Å². The molecule has 94 valence electrons. The minimum absolute atomic E-state index is 0.583. The van der Waals surface area contributed by atoms with Crippen LogP contribution in [0.3, 0.4) is 0 Å². The van der Waals surface area contributed by atoms with Gasteiger partial charge < -0.3 is 0 Å². The first-order chi connectivity index (χ1) is 7.66. The van der Waals surface area contributed by atoms with Gasteiger partial charge in [0.15, 0.2) is 0 Å². The van der Waals surface area contributed by atoms with Crippen LogP contribution in [0.25, 0.3) is 0 Å². The van der Waals surface area contributed by atoms with Gasteiger partial charge in [0.2, 0.25) is 0 Å². The van der Waals surface area contributed by atoms with Crippen molar-refractivity contribution in [2.45, 2.75) is 73.1 Å². The van der Waals surface area contributed by atoms with Crippen molar-refractivity contribution in [1.29, 1.82) is 0 Å². The molecule has 1 saturated carbocycles. The molecule has 0 spiro atoms. The molecule has 0 bridgehead atoms. The Bertz CT molecular complexity index is 238. The van der Waals surface area contributed by atoms with Gasteiger partial charge in [-0.15, -0.1) is 0 Å². The zero-order valence-electron chi connectivity index (χ0n) is 12.0. The van der Waals surface area contributed by atoms with Crippen molar-refractivity contribution in [3.05, 3.63) is 11.6 Å². The van der Waals surface area contributed by atoms with E-state index in [1.54, 1.807) is 5.57 Å². The third-order valence-corrected chi connectivity index (χ3v) is 4.76. The van der Waals surface area contributed by atoms with Crippen LogP contribution in [0.4, 0.5) is 0 Å². The molecule has 1 fully saturated rings. The fourth-order valence-corrected chi connectivity index (χ4v) is 3.63. The summed E-state index contributed by atoms with van der Waals surface area (Å²) in [6.07, 6.45) is 11.0. The second-order valence-corrected chi connectivity index (χ2v) is 5.68. The first-order valence-electron chi connectivity index (χ1n) is 7.36. The summed E-state index contributed by atoms with van der Waals surface area (Å²) in [4.78, 5) is 0. The van der Waals surface area contributed by atoms with E-state index in [1.807, 2.05) is 13.8 Å². The molecule has 0 N–H and O–H groups in total. The van der Waals surface area contributed by atoms with E-state index in [9.17, 15) is 0 Å². The first kappa shape index (κ1) is 13.8. The molecule has 2 aliphatic carbocycles. The monoisotopic (exact) mass is 222 g/mol. The highest BCUT2D eigenvalue weighted by Gasteiger charge is 2.40. The predicted octanol–water partition coefficient (Wildman–Crippen LogP) is 5.59. The molecule has 0 saturated heterocycles. The number of fused-ring (bicyclic) bond motifs is 1.